The molecule has 9 heteroatoms. The number of aliphatic imine (C=N–C) groups is 1. The zero-order valence-electron chi connectivity index (χ0n) is 12.7. The number of hydrogen-bond donors (Lipinski definition) is 3. The van der Waals surface area contributed by atoms with Gasteiger partial charge in [-0.15, -0.1) is 0 Å². The third-order valence-electron chi connectivity index (χ3n) is 2.93. The predicted octanol–water partition coefficient (Wildman–Crippen LogP) is 2.42. The molecule has 2 rings (SSSR count). The van der Waals surface area contributed by atoms with E-state index in [4.69, 9.17) is 5.73 Å². The van der Waals surface area contributed by atoms with E-state index in [9.17, 15) is 13.2 Å². The molecule has 24 heavy (non-hydrogen) atoms. The van der Waals surface area contributed by atoms with Gasteiger partial charge in [0.1, 0.15) is 0 Å². The second kappa shape index (κ2) is 7.95. The molecule has 0 atom stereocenters. The Hall–Kier alpha value is -3.10. The Balaban J connectivity index is 2.15. The van der Waals surface area contributed by atoms with E-state index in [1.165, 1.54) is 24.5 Å². The Labute approximate surface area is 136 Å². The van der Waals surface area contributed by atoms with Gasteiger partial charge in [-0.3, -0.25) is 4.99 Å². The molecule has 0 unspecified atom stereocenters. The topological polar surface area (TPSA) is 88.2 Å². The molecule has 0 radical (unpaired) electrons. The summed E-state index contributed by atoms with van der Waals surface area (Å²) < 4.78 is 40.5. The molecule has 0 spiro atoms. The van der Waals surface area contributed by atoms with E-state index in [1.54, 1.807) is 7.05 Å². The second-order valence-electron chi connectivity index (χ2n) is 4.59. The molecular weight excluding hydrogens is 321 g/mol. The average Bonchev–Trinajstić information content (AvgIpc) is 2.58. The van der Waals surface area contributed by atoms with Crippen LogP contribution in [0.15, 0.2) is 41.3 Å². The van der Waals surface area contributed by atoms with Crippen LogP contribution in [0.2, 0.25) is 0 Å². The number of aromatic nitrogens is 2. The molecule has 2 aromatic rings. The average molecular weight is 336 g/mol. The van der Waals surface area contributed by atoms with Crippen LogP contribution in [0, 0.1) is 17.5 Å². The number of nitrogens with one attached hydrogen (secondary N) is 2. The fraction of sp³-hybridized carbons (Fsp3) is 0.133. The van der Waals surface area contributed by atoms with Gasteiger partial charge in [0.25, 0.3) is 0 Å². The molecular formula is C15H15F3N6. The Bertz CT molecular complexity index is 776. The van der Waals surface area contributed by atoms with Crippen molar-refractivity contribution in [2.45, 2.75) is 6.54 Å². The molecule has 0 amide bonds. The third kappa shape index (κ3) is 4.22. The minimum Gasteiger partial charge on any atom is -0.403 e. The summed E-state index contributed by atoms with van der Waals surface area (Å²) >= 11 is 0. The summed E-state index contributed by atoms with van der Waals surface area (Å²) in [6.45, 7) is -0.146. The van der Waals surface area contributed by atoms with Gasteiger partial charge in [-0.2, -0.15) is 4.98 Å². The van der Waals surface area contributed by atoms with Gasteiger partial charge in [0.05, 0.1) is 11.9 Å². The van der Waals surface area contributed by atoms with Gasteiger partial charge in [0, 0.05) is 31.6 Å². The van der Waals surface area contributed by atoms with E-state index >= 15 is 0 Å². The monoisotopic (exact) mass is 336 g/mol. The normalized spacial score (nSPS) is 11.8. The van der Waals surface area contributed by atoms with Gasteiger partial charge < -0.3 is 16.4 Å². The maximum atomic E-state index is 13.8. The molecule has 1 heterocycles. The first-order valence-electron chi connectivity index (χ1n) is 6.85. The first-order valence-corrected chi connectivity index (χ1v) is 6.85. The van der Waals surface area contributed by atoms with Gasteiger partial charge in [-0.1, -0.05) is 12.1 Å². The summed E-state index contributed by atoms with van der Waals surface area (Å²) in [7, 11) is 1.55. The molecule has 126 valence electrons. The maximum Gasteiger partial charge on any atom is 0.229 e. The number of rotatable bonds is 6. The lowest BCUT2D eigenvalue weighted by atomic mass is 10.2. The third-order valence-corrected chi connectivity index (χ3v) is 2.93. The number of benzene rings is 1. The lowest BCUT2D eigenvalue weighted by Crippen LogP contribution is -2.11. The number of hydrogen-bond acceptors (Lipinski definition) is 6. The lowest BCUT2D eigenvalue weighted by molar-refractivity contribution is 0.500. The van der Waals surface area contributed by atoms with Crippen molar-refractivity contribution in [3.63, 3.8) is 0 Å². The van der Waals surface area contributed by atoms with Gasteiger partial charge in [0.15, 0.2) is 23.3 Å². The molecule has 0 aliphatic heterocycles. The number of anilines is 2. The van der Waals surface area contributed by atoms with Crippen LogP contribution in [-0.4, -0.2) is 23.2 Å². The van der Waals surface area contributed by atoms with Crippen LogP contribution in [0.5, 0.6) is 0 Å². The Morgan fingerprint density at radius 2 is 2.08 bits per heavy atom. The summed E-state index contributed by atoms with van der Waals surface area (Å²) in [6, 6.07) is 3.75. The number of allylic oxidation sites excluding steroid dienone is 1. The second-order valence-corrected chi connectivity index (χ2v) is 4.59. The first kappa shape index (κ1) is 17.3. The fourth-order valence-corrected chi connectivity index (χ4v) is 1.80. The molecule has 6 nitrogen and oxygen atoms in total. The van der Waals surface area contributed by atoms with E-state index in [2.05, 4.69) is 25.6 Å². The standard InChI is InChI=1S/C15H15F3N6/c1-20-7-10(5-19)23-15-22-8-12(17)14(24-15)21-6-9-3-2-4-11(16)13(9)18/h2-5,7-8H,6,19H2,1H3,(H2,21,22,23,24)/b10-5+,20-7?. The van der Waals surface area contributed by atoms with Crippen LogP contribution in [0.1, 0.15) is 5.56 Å². The quantitative estimate of drug-likeness (QED) is 0.705. The summed E-state index contributed by atoms with van der Waals surface area (Å²) in [5.41, 5.74) is 5.86. The summed E-state index contributed by atoms with van der Waals surface area (Å²) in [5.74, 6) is -2.81. The van der Waals surface area contributed by atoms with Gasteiger partial charge in [-0.25, -0.2) is 18.2 Å². The highest BCUT2D eigenvalue weighted by Crippen LogP contribution is 2.16. The van der Waals surface area contributed by atoms with Gasteiger partial charge >= 0.3 is 0 Å². The molecule has 0 fully saturated rings. The van der Waals surface area contributed by atoms with Gasteiger partial charge in [0.2, 0.25) is 5.95 Å². The van der Waals surface area contributed by atoms with Crippen molar-refractivity contribution in [1.29, 1.82) is 0 Å². The van der Waals surface area contributed by atoms with E-state index < -0.39 is 17.5 Å². The zero-order valence-corrected chi connectivity index (χ0v) is 12.7. The van der Waals surface area contributed by atoms with E-state index in [1.807, 2.05) is 0 Å². The highest BCUT2D eigenvalue weighted by molar-refractivity contribution is 5.81. The van der Waals surface area contributed by atoms with Crippen molar-refractivity contribution in [2.24, 2.45) is 10.7 Å². The van der Waals surface area contributed by atoms with E-state index in [0.717, 1.165) is 12.3 Å². The largest absolute Gasteiger partial charge is 0.403 e. The van der Waals surface area contributed by atoms with Gasteiger partial charge in [-0.05, 0) is 6.07 Å². The van der Waals surface area contributed by atoms with Crippen LogP contribution < -0.4 is 16.4 Å². The Morgan fingerprint density at radius 3 is 2.79 bits per heavy atom. The van der Waals surface area contributed by atoms with Crippen LogP contribution in [0.4, 0.5) is 24.9 Å². The Morgan fingerprint density at radius 1 is 1.29 bits per heavy atom. The number of nitrogens with zero attached hydrogens (tertiary/aromatic N) is 3. The van der Waals surface area contributed by atoms with Crippen LogP contribution in [0.3, 0.4) is 0 Å². The fourth-order valence-electron chi connectivity index (χ4n) is 1.80. The van der Waals surface area contributed by atoms with Crippen molar-refractivity contribution >= 4 is 18.0 Å². The van der Waals surface area contributed by atoms with Crippen LogP contribution in [-0.2, 0) is 6.54 Å². The summed E-state index contributed by atoms with van der Waals surface area (Å²) in [6.07, 6.45) is 3.62. The first-order chi connectivity index (χ1) is 11.5. The molecule has 0 saturated carbocycles. The minimum absolute atomic E-state index is 0.0446. The van der Waals surface area contributed by atoms with Crippen molar-refractivity contribution in [3.05, 3.63) is 59.3 Å². The smallest absolute Gasteiger partial charge is 0.229 e. The lowest BCUT2D eigenvalue weighted by Gasteiger charge is -2.10. The minimum atomic E-state index is -0.995. The SMILES string of the molecule is CN=C/C(=C\N)Nc1ncc(F)c(NCc2cccc(F)c2F)n1. The van der Waals surface area contributed by atoms with Crippen molar-refractivity contribution in [1.82, 2.24) is 9.97 Å². The van der Waals surface area contributed by atoms with Crippen molar-refractivity contribution in [3.8, 4) is 0 Å². The summed E-state index contributed by atoms with van der Waals surface area (Å²) in [5, 5.41) is 5.34. The van der Waals surface area contributed by atoms with E-state index in [0.29, 0.717) is 5.70 Å². The molecule has 1 aromatic heterocycles. The van der Waals surface area contributed by atoms with E-state index in [-0.39, 0.29) is 23.9 Å². The van der Waals surface area contributed by atoms with Crippen LogP contribution in [0.25, 0.3) is 0 Å². The predicted molar refractivity (Wildman–Crippen MR) is 86.0 cm³/mol. The number of nitrogens with two attached hydrogens (primary N) is 1. The molecule has 1 aromatic carbocycles. The number of halogens is 3. The Kier molecular flexibility index (Phi) is 5.72. The molecule has 0 aliphatic rings. The summed E-state index contributed by atoms with van der Waals surface area (Å²) in [4.78, 5) is 11.5. The van der Waals surface area contributed by atoms with Crippen molar-refractivity contribution < 1.29 is 13.2 Å². The molecule has 0 bridgehead atoms. The maximum absolute atomic E-state index is 13.8. The molecule has 0 saturated heterocycles. The molecule has 4 N–H and O–H groups in total. The zero-order chi connectivity index (χ0) is 17.5. The molecule has 0 aliphatic carbocycles. The van der Waals surface area contributed by atoms with Crippen LogP contribution >= 0.6 is 0 Å². The van der Waals surface area contributed by atoms with Crippen molar-refractivity contribution in [2.75, 3.05) is 17.7 Å². The highest BCUT2D eigenvalue weighted by atomic mass is 19.2. The highest BCUT2D eigenvalue weighted by Gasteiger charge is 2.11.